The summed E-state index contributed by atoms with van der Waals surface area (Å²) in [6.45, 7) is 1.07. The molecule has 1 aromatic heterocycles. The fraction of sp³-hybridized carbons (Fsp3) is 0.400. The molecule has 18 heavy (non-hydrogen) atoms. The Labute approximate surface area is 106 Å². The number of nitrogens with zero attached hydrogens (tertiary/aromatic N) is 1. The summed E-state index contributed by atoms with van der Waals surface area (Å²) < 4.78 is 2.27. The van der Waals surface area contributed by atoms with E-state index in [4.69, 9.17) is 5.11 Å². The minimum Gasteiger partial charge on any atom is -0.481 e. The van der Waals surface area contributed by atoms with E-state index in [9.17, 15) is 4.79 Å². The molecule has 0 aliphatic heterocycles. The van der Waals surface area contributed by atoms with E-state index in [2.05, 4.69) is 16.8 Å². The summed E-state index contributed by atoms with van der Waals surface area (Å²) in [5.74, 6) is 0.0398. The number of hydrogen-bond donors (Lipinski definition) is 1. The van der Waals surface area contributed by atoms with Crippen molar-refractivity contribution in [3.05, 3.63) is 36.0 Å². The van der Waals surface area contributed by atoms with Crippen LogP contribution in [0.15, 0.2) is 30.5 Å². The van der Waals surface area contributed by atoms with Gasteiger partial charge in [0.25, 0.3) is 0 Å². The Morgan fingerprint density at radius 1 is 1.33 bits per heavy atom. The highest BCUT2D eigenvalue weighted by Gasteiger charge is 2.18. The summed E-state index contributed by atoms with van der Waals surface area (Å²) in [5.41, 5.74) is 2.08. The highest BCUT2D eigenvalue weighted by atomic mass is 16.4. The van der Waals surface area contributed by atoms with E-state index in [0.29, 0.717) is 0 Å². The zero-order chi connectivity index (χ0) is 12.5. The molecule has 0 bridgehead atoms. The van der Waals surface area contributed by atoms with Gasteiger partial charge in [-0.3, -0.25) is 4.79 Å². The lowest BCUT2D eigenvalue weighted by Crippen LogP contribution is -2.17. The van der Waals surface area contributed by atoms with E-state index >= 15 is 0 Å². The topological polar surface area (TPSA) is 42.2 Å². The van der Waals surface area contributed by atoms with Gasteiger partial charge in [-0.05, 0) is 36.5 Å². The number of hydrogen-bond acceptors (Lipinski definition) is 1. The molecule has 1 fully saturated rings. The van der Waals surface area contributed by atoms with E-state index in [1.807, 2.05) is 18.2 Å². The summed E-state index contributed by atoms with van der Waals surface area (Å²) in [6, 6.07) is 7.99. The lowest BCUT2D eigenvalue weighted by molar-refractivity contribution is -0.136. The first-order valence-electron chi connectivity index (χ1n) is 6.52. The third-order valence-electron chi connectivity index (χ3n) is 3.93. The maximum Gasteiger partial charge on any atom is 0.307 e. The first-order valence-corrected chi connectivity index (χ1v) is 6.52. The number of carbonyl (C=O) groups is 1. The first kappa shape index (κ1) is 11.3. The van der Waals surface area contributed by atoms with Gasteiger partial charge >= 0.3 is 5.97 Å². The molecule has 0 atom stereocenters. The molecule has 1 N–H and O–H groups in total. The van der Waals surface area contributed by atoms with Crippen LogP contribution >= 0.6 is 0 Å². The average molecular weight is 243 g/mol. The van der Waals surface area contributed by atoms with E-state index in [1.54, 1.807) is 0 Å². The van der Waals surface area contributed by atoms with E-state index in [-0.39, 0.29) is 6.42 Å². The van der Waals surface area contributed by atoms with Crippen molar-refractivity contribution < 1.29 is 9.90 Å². The fourth-order valence-electron chi connectivity index (χ4n) is 2.72. The van der Waals surface area contributed by atoms with Crippen molar-refractivity contribution in [1.82, 2.24) is 4.57 Å². The van der Waals surface area contributed by atoms with Crippen LogP contribution in [0.2, 0.25) is 0 Å². The third kappa shape index (κ3) is 2.01. The molecule has 1 aliphatic rings. The van der Waals surface area contributed by atoms with Crippen LogP contribution in [0.25, 0.3) is 10.9 Å². The van der Waals surface area contributed by atoms with Gasteiger partial charge in [0, 0.05) is 23.6 Å². The van der Waals surface area contributed by atoms with Gasteiger partial charge in [0.1, 0.15) is 0 Å². The maximum absolute atomic E-state index is 10.8. The molecule has 1 heterocycles. The van der Waals surface area contributed by atoms with Gasteiger partial charge in [-0.2, -0.15) is 0 Å². The van der Waals surface area contributed by atoms with Crippen molar-refractivity contribution in [2.75, 3.05) is 0 Å². The SMILES string of the molecule is O=C(O)Cc1cccc2c1ccn2CC1CCC1. The molecule has 0 saturated heterocycles. The Hall–Kier alpha value is -1.77. The predicted molar refractivity (Wildman–Crippen MR) is 70.6 cm³/mol. The minimum absolute atomic E-state index is 0.102. The molecular formula is C15H17NO2. The summed E-state index contributed by atoms with van der Waals surface area (Å²) >= 11 is 0. The predicted octanol–water partition coefficient (Wildman–Crippen LogP) is 3.07. The van der Waals surface area contributed by atoms with Crippen molar-refractivity contribution >= 4 is 16.9 Å². The Kier molecular flexibility index (Phi) is 2.82. The van der Waals surface area contributed by atoms with Crippen LogP contribution in [0.5, 0.6) is 0 Å². The van der Waals surface area contributed by atoms with E-state index in [0.717, 1.165) is 23.4 Å². The van der Waals surface area contributed by atoms with Crippen LogP contribution in [0.3, 0.4) is 0 Å². The van der Waals surface area contributed by atoms with Crippen LogP contribution in [-0.4, -0.2) is 15.6 Å². The Morgan fingerprint density at radius 3 is 2.83 bits per heavy atom. The van der Waals surface area contributed by atoms with Gasteiger partial charge in [-0.25, -0.2) is 0 Å². The van der Waals surface area contributed by atoms with Crippen molar-refractivity contribution in [3.8, 4) is 0 Å². The van der Waals surface area contributed by atoms with Gasteiger partial charge in [-0.1, -0.05) is 18.6 Å². The Balaban J connectivity index is 1.94. The molecule has 3 nitrogen and oxygen atoms in total. The quantitative estimate of drug-likeness (QED) is 0.896. The second-order valence-electron chi connectivity index (χ2n) is 5.19. The summed E-state index contributed by atoms with van der Waals surface area (Å²) in [6.07, 6.45) is 6.20. The van der Waals surface area contributed by atoms with Crippen LogP contribution in [0, 0.1) is 5.92 Å². The normalized spacial score (nSPS) is 15.8. The zero-order valence-electron chi connectivity index (χ0n) is 10.3. The molecule has 0 unspecified atom stereocenters. The number of rotatable bonds is 4. The molecule has 0 spiro atoms. The molecule has 94 valence electrons. The molecule has 0 radical (unpaired) electrons. The van der Waals surface area contributed by atoms with E-state index in [1.165, 1.54) is 24.8 Å². The molecule has 2 aromatic rings. The number of aromatic nitrogens is 1. The van der Waals surface area contributed by atoms with Gasteiger partial charge in [0.15, 0.2) is 0 Å². The summed E-state index contributed by atoms with van der Waals surface area (Å²) in [4.78, 5) is 10.8. The molecule has 3 heteroatoms. The molecule has 1 aromatic carbocycles. The van der Waals surface area contributed by atoms with E-state index < -0.39 is 5.97 Å². The number of benzene rings is 1. The van der Waals surface area contributed by atoms with Gasteiger partial charge < -0.3 is 9.67 Å². The second kappa shape index (κ2) is 4.48. The maximum atomic E-state index is 10.8. The summed E-state index contributed by atoms with van der Waals surface area (Å²) in [7, 11) is 0. The van der Waals surface area contributed by atoms with Crippen LogP contribution < -0.4 is 0 Å². The lowest BCUT2D eigenvalue weighted by Gasteiger charge is -2.26. The number of carboxylic acids is 1. The Morgan fingerprint density at radius 2 is 2.17 bits per heavy atom. The smallest absolute Gasteiger partial charge is 0.307 e. The highest BCUT2D eigenvalue weighted by Crippen LogP contribution is 2.30. The Bertz CT molecular complexity index is 581. The first-order chi connectivity index (χ1) is 8.74. The highest BCUT2D eigenvalue weighted by molar-refractivity contribution is 5.87. The summed E-state index contributed by atoms with van der Waals surface area (Å²) in [5, 5.41) is 10.0. The van der Waals surface area contributed by atoms with Crippen LogP contribution in [0.4, 0.5) is 0 Å². The van der Waals surface area contributed by atoms with Gasteiger partial charge in [0.05, 0.1) is 6.42 Å². The number of fused-ring (bicyclic) bond motifs is 1. The molecular weight excluding hydrogens is 226 g/mol. The molecule has 0 amide bonds. The van der Waals surface area contributed by atoms with Crippen molar-refractivity contribution in [2.45, 2.75) is 32.2 Å². The zero-order valence-corrected chi connectivity index (χ0v) is 10.3. The fourth-order valence-corrected chi connectivity index (χ4v) is 2.72. The van der Waals surface area contributed by atoms with Crippen molar-refractivity contribution in [3.63, 3.8) is 0 Å². The minimum atomic E-state index is -0.769. The van der Waals surface area contributed by atoms with Gasteiger partial charge in [-0.15, -0.1) is 0 Å². The second-order valence-corrected chi connectivity index (χ2v) is 5.19. The molecule has 1 saturated carbocycles. The molecule has 1 aliphatic carbocycles. The van der Waals surface area contributed by atoms with Crippen LogP contribution in [0.1, 0.15) is 24.8 Å². The standard InChI is InChI=1S/C15H17NO2/c17-15(18)9-12-5-2-6-14-13(12)7-8-16(14)10-11-3-1-4-11/h2,5-8,11H,1,3-4,9-10H2,(H,17,18). The largest absolute Gasteiger partial charge is 0.481 e. The van der Waals surface area contributed by atoms with Crippen LogP contribution in [-0.2, 0) is 17.8 Å². The average Bonchev–Trinajstić information content (AvgIpc) is 2.67. The lowest BCUT2D eigenvalue weighted by atomic mass is 9.85. The monoisotopic (exact) mass is 243 g/mol. The van der Waals surface area contributed by atoms with Crippen molar-refractivity contribution in [1.29, 1.82) is 0 Å². The van der Waals surface area contributed by atoms with Crippen molar-refractivity contribution in [2.24, 2.45) is 5.92 Å². The molecule has 3 rings (SSSR count). The number of aliphatic carboxylic acids is 1. The van der Waals surface area contributed by atoms with Gasteiger partial charge in [0.2, 0.25) is 0 Å². The number of carboxylic acid groups (broad SMARTS) is 1. The third-order valence-corrected chi connectivity index (χ3v) is 3.93.